The minimum Gasteiger partial charge on any atom is -0.387 e. The van der Waals surface area contributed by atoms with Crippen LogP contribution in [0, 0.1) is 5.92 Å². The molecule has 0 aromatic carbocycles. The number of aliphatic hydroxyl groups is 1. The fourth-order valence-electron chi connectivity index (χ4n) is 1.78. The van der Waals surface area contributed by atoms with Crippen LogP contribution in [0.1, 0.15) is 32.6 Å². The van der Waals surface area contributed by atoms with E-state index in [1.54, 1.807) is 0 Å². The number of nitrogens with one attached hydrogen (secondary N) is 1. The van der Waals surface area contributed by atoms with Crippen molar-refractivity contribution in [2.45, 2.75) is 38.6 Å². The molecule has 2 unspecified atom stereocenters. The van der Waals surface area contributed by atoms with Crippen LogP contribution in [0.3, 0.4) is 0 Å². The summed E-state index contributed by atoms with van der Waals surface area (Å²) < 4.78 is 0. The van der Waals surface area contributed by atoms with Gasteiger partial charge in [0, 0.05) is 6.04 Å². The highest BCUT2D eigenvalue weighted by Crippen LogP contribution is 2.23. The van der Waals surface area contributed by atoms with Gasteiger partial charge in [-0.3, -0.25) is 4.79 Å². The van der Waals surface area contributed by atoms with E-state index < -0.39 is 0 Å². The predicted octanol–water partition coefficient (Wildman–Crippen LogP) is 0.674. The van der Waals surface area contributed by atoms with Crippen LogP contribution in [-0.2, 0) is 4.79 Å². The van der Waals surface area contributed by atoms with Crippen molar-refractivity contribution in [2.75, 3.05) is 6.61 Å². The first-order chi connectivity index (χ1) is 5.74. The third-order valence-corrected chi connectivity index (χ3v) is 2.60. The van der Waals surface area contributed by atoms with E-state index in [4.69, 9.17) is 5.11 Å². The van der Waals surface area contributed by atoms with Gasteiger partial charge in [-0.15, -0.1) is 0 Å². The second-order valence-electron chi connectivity index (χ2n) is 3.59. The monoisotopic (exact) mass is 171 g/mol. The topological polar surface area (TPSA) is 49.3 Å². The van der Waals surface area contributed by atoms with Gasteiger partial charge in [-0.1, -0.05) is 19.8 Å². The summed E-state index contributed by atoms with van der Waals surface area (Å²) in [5.74, 6) is 0.322. The Labute approximate surface area is 73.2 Å². The standard InChI is InChI=1S/C9H17NO2/c1-7-4-2-3-5-8(7)10-9(12)6-11/h7-8,11H,2-6H2,1H3,(H,10,12). The van der Waals surface area contributed by atoms with Gasteiger partial charge in [-0.05, 0) is 18.8 Å². The lowest BCUT2D eigenvalue weighted by molar-refractivity contribution is -0.125. The molecular formula is C9H17NO2. The molecule has 3 nitrogen and oxygen atoms in total. The predicted molar refractivity (Wildman–Crippen MR) is 46.6 cm³/mol. The number of rotatable bonds is 2. The molecule has 0 aromatic heterocycles. The molecule has 3 heteroatoms. The molecular weight excluding hydrogens is 154 g/mol. The summed E-state index contributed by atoms with van der Waals surface area (Å²) in [5, 5.41) is 11.4. The number of hydrogen-bond donors (Lipinski definition) is 2. The van der Waals surface area contributed by atoms with Gasteiger partial charge < -0.3 is 10.4 Å². The normalized spacial score (nSPS) is 29.8. The molecule has 0 heterocycles. The Hall–Kier alpha value is -0.570. The van der Waals surface area contributed by atoms with Crippen molar-refractivity contribution >= 4 is 5.91 Å². The van der Waals surface area contributed by atoms with Crippen LogP contribution in [0.4, 0.5) is 0 Å². The number of hydrogen-bond acceptors (Lipinski definition) is 2. The molecule has 1 aliphatic carbocycles. The average molecular weight is 171 g/mol. The second kappa shape index (κ2) is 4.45. The van der Waals surface area contributed by atoms with Crippen molar-refractivity contribution in [2.24, 2.45) is 5.92 Å². The van der Waals surface area contributed by atoms with Crippen LogP contribution < -0.4 is 5.32 Å². The molecule has 70 valence electrons. The Morgan fingerprint density at radius 1 is 1.50 bits per heavy atom. The molecule has 0 radical (unpaired) electrons. The van der Waals surface area contributed by atoms with Gasteiger partial charge in [0.2, 0.25) is 5.91 Å². The fourth-order valence-corrected chi connectivity index (χ4v) is 1.78. The lowest BCUT2D eigenvalue weighted by Crippen LogP contribution is -2.42. The van der Waals surface area contributed by atoms with E-state index in [1.165, 1.54) is 19.3 Å². The van der Waals surface area contributed by atoms with E-state index in [0.717, 1.165) is 6.42 Å². The first-order valence-electron chi connectivity index (χ1n) is 4.64. The molecule has 1 aliphatic rings. The molecule has 0 aromatic rings. The SMILES string of the molecule is CC1CCCCC1NC(=O)CO. The molecule has 12 heavy (non-hydrogen) atoms. The molecule has 0 spiro atoms. The zero-order chi connectivity index (χ0) is 8.97. The van der Waals surface area contributed by atoms with E-state index in [9.17, 15) is 4.79 Å². The number of carbonyl (C=O) groups is 1. The Morgan fingerprint density at radius 2 is 2.17 bits per heavy atom. The number of aliphatic hydroxyl groups excluding tert-OH is 1. The quantitative estimate of drug-likeness (QED) is 0.641. The van der Waals surface area contributed by atoms with Crippen LogP contribution in [0.5, 0.6) is 0 Å². The van der Waals surface area contributed by atoms with Crippen molar-refractivity contribution in [1.82, 2.24) is 5.32 Å². The van der Waals surface area contributed by atoms with Gasteiger partial charge >= 0.3 is 0 Å². The maximum absolute atomic E-state index is 10.9. The fraction of sp³-hybridized carbons (Fsp3) is 0.889. The third-order valence-electron chi connectivity index (χ3n) is 2.60. The molecule has 1 saturated carbocycles. The molecule has 0 saturated heterocycles. The summed E-state index contributed by atoms with van der Waals surface area (Å²) in [6, 6.07) is 0.290. The lowest BCUT2D eigenvalue weighted by atomic mass is 9.86. The molecule has 0 bridgehead atoms. The largest absolute Gasteiger partial charge is 0.387 e. The van der Waals surface area contributed by atoms with E-state index in [-0.39, 0.29) is 12.5 Å². The lowest BCUT2D eigenvalue weighted by Gasteiger charge is -2.29. The zero-order valence-electron chi connectivity index (χ0n) is 7.55. The minimum absolute atomic E-state index is 0.242. The summed E-state index contributed by atoms with van der Waals surface area (Å²) in [5.41, 5.74) is 0. The smallest absolute Gasteiger partial charge is 0.245 e. The van der Waals surface area contributed by atoms with Crippen molar-refractivity contribution in [3.63, 3.8) is 0 Å². The van der Waals surface area contributed by atoms with Crippen LogP contribution in [0.25, 0.3) is 0 Å². The Bertz CT molecular complexity index is 159. The van der Waals surface area contributed by atoms with Gasteiger partial charge in [0.1, 0.15) is 6.61 Å². The highest BCUT2D eigenvalue weighted by Gasteiger charge is 2.22. The van der Waals surface area contributed by atoms with Crippen LogP contribution in [0.2, 0.25) is 0 Å². The van der Waals surface area contributed by atoms with Gasteiger partial charge in [-0.25, -0.2) is 0 Å². The maximum atomic E-state index is 10.9. The summed E-state index contributed by atoms with van der Waals surface area (Å²) >= 11 is 0. The van der Waals surface area contributed by atoms with Gasteiger partial charge in [0.05, 0.1) is 0 Å². The van der Waals surface area contributed by atoms with Crippen molar-refractivity contribution in [1.29, 1.82) is 0 Å². The molecule has 1 amide bonds. The van der Waals surface area contributed by atoms with Crippen molar-refractivity contribution < 1.29 is 9.90 Å². The zero-order valence-corrected chi connectivity index (χ0v) is 7.55. The summed E-state index contributed by atoms with van der Waals surface area (Å²) in [6.07, 6.45) is 4.72. The molecule has 2 atom stereocenters. The van der Waals surface area contributed by atoms with Crippen molar-refractivity contribution in [3.8, 4) is 0 Å². The van der Waals surface area contributed by atoms with Crippen LogP contribution in [0.15, 0.2) is 0 Å². The van der Waals surface area contributed by atoms with E-state index >= 15 is 0 Å². The summed E-state index contributed by atoms with van der Waals surface area (Å²) in [4.78, 5) is 10.9. The van der Waals surface area contributed by atoms with Gasteiger partial charge in [-0.2, -0.15) is 0 Å². The van der Waals surface area contributed by atoms with E-state index in [2.05, 4.69) is 12.2 Å². The number of carbonyl (C=O) groups excluding carboxylic acids is 1. The van der Waals surface area contributed by atoms with Crippen LogP contribution in [-0.4, -0.2) is 23.7 Å². The number of amides is 1. The Balaban J connectivity index is 2.33. The maximum Gasteiger partial charge on any atom is 0.245 e. The minimum atomic E-state index is -0.386. The first kappa shape index (κ1) is 9.52. The Kier molecular flexibility index (Phi) is 3.53. The summed E-state index contributed by atoms with van der Waals surface area (Å²) in [6.45, 7) is 1.77. The molecule has 1 fully saturated rings. The highest BCUT2D eigenvalue weighted by atomic mass is 16.3. The highest BCUT2D eigenvalue weighted by molar-refractivity contribution is 5.77. The third kappa shape index (κ3) is 2.48. The first-order valence-corrected chi connectivity index (χ1v) is 4.64. The van der Waals surface area contributed by atoms with Gasteiger partial charge in [0.15, 0.2) is 0 Å². The van der Waals surface area contributed by atoms with Crippen LogP contribution >= 0.6 is 0 Å². The van der Waals surface area contributed by atoms with E-state index in [1.807, 2.05) is 0 Å². The Morgan fingerprint density at radius 3 is 2.75 bits per heavy atom. The van der Waals surface area contributed by atoms with Crippen molar-refractivity contribution in [3.05, 3.63) is 0 Å². The van der Waals surface area contributed by atoms with E-state index in [0.29, 0.717) is 12.0 Å². The molecule has 1 rings (SSSR count). The second-order valence-corrected chi connectivity index (χ2v) is 3.59. The molecule has 0 aliphatic heterocycles. The van der Waals surface area contributed by atoms with Gasteiger partial charge in [0.25, 0.3) is 0 Å². The molecule has 2 N–H and O–H groups in total. The average Bonchev–Trinajstić information content (AvgIpc) is 2.09. The summed E-state index contributed by atoms with van der Waals surface area (Å²) in [7, 11) is 0.